The summed E-state index contributed by atoms with van der Waals surface area (Å²) in [6.45, 7) is 1.24. The Morgan fingerprint density at radius 2 is 2.00 bits per heavy atom. The van der Waals surface area contributed by atoms with Gasteiger partial charge in [0.15, 0.2) is 6.61 Å². The Kier molecular flexibility index (Phi) is 6.92. The zero-order valence-corrected chi connectivity index (χ0v) is 19.5. The summed E-state index contributed by atoms with van der Waals surface area (Å²) in [5, 5.41) is 20.1. The van der Waals surface area contributed by atoms with Crippen LogP contribution in [0.5, 0.6) is 5.75 Å². The number of aryl methyl sites for hydroxylation is 1. The number of rotatable bonds is 8. The number of non-ortho nitro benzene ring substituents is 1. The van der Waals surface area contributed by atoms with E-state index in [1.807, 2.05) is 0 Å². The predicted octanol–water partition coefficient (Wildman–Crippen LogP) is 2.54. The molecule has 2 unspecified atom stereocenters. The fourth-order valence-corrected chi connectivity index (χ4v) is 5.05. The van der Waals surface area contributed by atoms with Crippen molar-refractivity contribution in [3.8, 4) is 5.75 Å². The van der Waals surface area contributed by atoms with Crippen LogP contribution in [0.1, 0.15) is 22.9 Å². The van der Waals surface area contributed by atoms with Crippen LogP contribution in [0.2, 0.25) is 0 Å². The van der Waals surface area contributed by atoms with E-state index in [9.17, 15) is 29.3 Å². The largest absolute Gasteiger partial charge is 0.484 e. The van der Waals surface area contributed by atoms with Crippen LogP contribution < -0.4 is 15.8 Å². The number of carboxylic acids is 1. The predicted molar refractivity (Wildman–Crippen MR) is 127 cm³/mol. The van der Waals surface area contributed by atoms with Crippen LogP contribution in [0, 0.1) is 17.0 Å². The van der Waals surface area contributed by atoms with Gasteiger partial charge in [0.05, 0.1) is 16.6 Å². The lowest BCUT2D eigenvalue weighted by atomic mass is 10.1. The maximum atomic E-state index is 12.9. The topological polar surface area (TPSA) is 169 Å². The molecule has 36 heavy (non-hydrogen) atoms. The van der Waals surface area contributed by atoms with Gasteiger partial charge in [-0.1, -0.05) is 12.1 Å². The molecule has 12 nitrogen and oxygen atoms in total. The second-order valence-corrected chi connectivity index (χ2v) is 9.15. The molecule has 1 aromatic heterocycles. The summed E-state index contributed by atoms with van der Waals surface area (Å²) < 4.78 is 10.6. The van der Waals surface area contributed by atoms with E-state index in [0.717, 1.165) is 22.3 Å². The summed E-state index contributed by atoms with van der Waals surface area (Å²) in [6.07, 6.45) is -0.487. The highest BCUT2D eigenvalue weighted by Crippen LogP contribution is 2.43. The molecule has 0 saturated carbocycles. The van der Waals surface area contributed by atoms with Gasteiger partial charge in [0.1, 0.15) is 16.7 Å². The molecule has 0 aliphatic carbocycles. The Balaban J connectivity index is 1.51. The maximum Gasteiger partial charge on any atom is 0.336 e. The van der Waals surface area contributed by atoms with Crippen molar-refractivity contribution in [1.82, 2.24) is 10.4 Å². The Morgan fingerprint density at radius 3 is 2.72 bits per heavy atom. The Labute approximate surface area is 206 Å². The Bertz CT molecular complexity index is 1440. The molecule has 13 heteroatoms. The number of nitro groups is 1. The SMILES string of the molecule is Cc1cc(=O)oc2cc(OCC(=O)NN3C(=O)C(CC(=O)O)SC3c3cccc([N+](=O)[O-])c3)ccc12. The Hall–Kier alpha value is -4.39. The first-order valence-electron chi connectivity index (χ1n) is 10.5. The molecule has 2 aromatic carbocycles. The van der Waals surface area contributed by atoms with Crippen molar-refractivity contribution in [2.75, 3.05) is 6.61 Å². The molecule has 186 valence electrons. The zero-order chi connectivity index (χ0) is 26.0. The van der Waals surface area contributed by atoms with Crippen LogP contribution >= 0.6 is 11.8 Å². The van der Waals surface area contributed by atoms with Gasteiger partial charge in [-0.05, 0) is 30.2 Å². The number of thioether (sulfide) groups is 1. The number of nitro benzene ring substituents is 1. The highest BCUT2D eigenvalue weighted by Gasteiger charge is 2.43. The van der Waals surface area contributed by atoms with Crippen molar-refractivity contribution in [1.29, 1.82) is 0 Å². The third kappa shape index (κ3) is 5.30. The summed E-state index contributed by atoms with van der Waals surface area (Å²) in [7, 11) is 0. The molecule has 0 bridgehead atoms. The van der Waals surface area contributed by atoms with E-state index in [1.54, 1.807) is 25.1 Å². The van der Waals surface area contributed by atoms with E-state index < -0.39 is 52.0 Å². The molecule has 1 aliphatic rings. The van der Waals surface area contributed by atoms with E-state index in [2.05, 4.69) is 5.43 Å². The number of benzene rings is 2. The van der Waals surface area contributed by atoms with Gasteiger partial charge in [0, 0.05) is 29.7 Å². The number of fused-ring (bicyclic) bond motifs is 1. The van der Waals surface area contributed by atoms with Gasteiger partial charge in [-0.15, -0.1) is 11.8 Å². The molecule has 4 rings (SSSR count). The molecular formula is C23H19N3O9S. The second-order valence-electron chi connectivity index (χ2n) is 7.87. The molecule has 0 spiro atoms. The first-order valence-corrected chi connectivity index (χ1v) is 11.5. The highest BCUT2D eigenvalue weighted by atomic mass is 32.2. The molecule has 2 atom stereocenters. The number of nitrogens with one attached hydrogen (secondary N) is 1. The molecule has 2 N–H and O–H groups in total. The number of hydrogen-bond acceptors (Lipinski definition) is 9. The molecule has 3 aromatic rings. The summed E-state index contributed by atoms with van der Waals surface area (Å²) >= 11 is 0.965. The summed E-state index contributed by atoms with van der Waals surface area (Å²) in [5.41, 5.74) is 3.03. The van der Waals surface area contributed by atoms with Crippen molar-refractivity contribution >= 4 is 46.2 Å². The van der Waals surface area contributed by atoms with Crippen LogP contribution in [-0.4, -0.2) is 44.7 Å². The van der Waals surface area contributed by atoms with Gasteiger partial charge < -0.3 is 14.3 Å². The number of hydrazine groups is 1. The number of nitrogens with zero attached hydrogens (tertiary/aromatic N) is 2. The minimum absolute atomic E-state index is 0.213. The van der Waals surface area contributed by atoms with Crippen LogP contribution in [0.15, 0.2) is 57.7 Å². The van der Waals surface area contributed by atoms with Crippen molar-refractivity contribution < 1.29 is 33.6 Å². The number of aliphatic carboxylic acids is 1. The third-order valence-electron chi connectivity index (χ3n) is 5.30. The number of hydrogen-bond donors (Lipinski definition) is 2. The molecule has 2 amide bonds. The summed E-state index contributed by atoms with van der Waals surface area (Å²) in [6, 6.07) is 11.6. The van der Waals surface area contributed by atoms with Gasteiger partial charge in [-0.2, -0.15) is 0 Å². The molecular weight excluding hydrogens is 494 g/mol. The smallest absolute Gasteiger partial charge is 0.336 e. The lowest BCUT2D eigenvalue weighted by Crippen LogP contribution is -2.47. The minimum atomic E-state index is -1.20. The fraction of sp³-hybridized carbons (Fsp3) is 0.217. The quantitative estimate of drug-likeness (QED) is 0.259. The monoisotopic (exact) mass is 513 g/mol. The fourth-order valence-electron chi connectivity index (χ4n) is 3.68. The summed E-state index contributed by atoms with van der Waals surface area (Å²) in [4.78, 5) is 58.9. The number of amides is 2. The normalized spacial score (nSPS) is 17.2. The maximum absolute atomic E-state index is 12.9. The second kappa shape index (κ2) is 10.1. The van der Waals surface area contributed by atoms with Gasteiger partial charge in [-0.25, -0.2) is 9.80 Å². The van der Waals surface area contributed by atoms with E-state index in [4.69, 9.17) is 14.3 Å². The van der Waals surface area contributed by atoms with Crippen molar-refractivity contribution in [2.45, 2.75) is 24.0 Å². The third-order valence-corrected chi connectivity index (χ3v) is 6.74. The first kappa shape index (κ1) is 24.7. The van der Waals surface area contributed by atoms with Crippen molar-refractivity contribution in [3.05, 3.63) is 80.2 Å². The molecule has 1 saturated heterocycles. The molecule has 2 heterocycles. The summed E-state index contributed by atoms with van der Waals surface area (Å²) in [5.74, 6) is -2.34. The molecule has 1 fully saturated rings. The molecule has 0 radical (unpaired) electrons. The van der Waals surface area contributed by atoms with Gasteiger partial charge in [-0.3, -0.25) is 29.9 Å². The Morgan fingerprint density at radius 1 is 1.22 bits per heavy atom. The molecule has 1 aliphatic heterocycles. The lowest BCUT2D eigenvalue weighted by molar-refractivity contribution is -0.384. The number of carbonyl (C=O) groups excluding carboxylic acids is 2. The zero-order valence-electron chi connectivity index (χ0n) is 18.7. The van der Waals surface area contributed by atoms with E-state index >= 15 is 0 Å². The van der Waals surface area contributed by atoms with Crippen LogP contribution in [0.4, 0.5) is 5.69 Å². The standard InChI is InChI=1S/C23H19N3O9S/c1-12-7-21(30)35-17-9-15(5-6-16(12)17)34-11-19(27)24-25-22(31)18(10-20(28)29)36-23(25)13-3-2-4-14(8-13)26(32)33/h2-9,18,23H,10-11H2,1H3,(H,24,27)(H,28,29). The van der Waals surface area contributed by atoms with E-state index in [0.29, 0.717) is 10.9 Å². The number of carboxylic acid groups (broad SMARTS) is 1. The number of ether oxygens (including phenoxy) is 1. The average Bonchev–Trinajstić information content (AvgIpc) is 3.11. The lowest BCUT2D eigenvalue weighted by Gasteiger charge is -2.24. The van der Waals surface area contributed by atoms with Crippen LogP contribution in [0.3, 0.4) is 0 Å². The average molecular weight is 513 g/mol. The van der Waals surface area contributed by atoms with E-state index in [1.165, 1.54) is 30.3 Å². The van der Waals surface area contributed by atoms with Gasteiger partial charge >= 0.3 is 11.6 Å². The van der Waals surface area contributed by atoms with Crippen molar-refractivity contribution in [3.63, 3.8) is 0 Å². The minimum Gasteiger partial charge on any atom is -0.484 e. The van der Waals surface area contributed by atoms with Crippen molar-refractivity contribution in [2.24, 2.45) is 0 Å². The van der Waals surface area contributed by atoms with Crippen LogP contribution in [-0.2, 0) is 14.4 Å². The highest BCUT2D eigenvalue weighted by molar-refractivity contribution is 8.01. The van der Waals surface area contributed by atoms with Gasteiger partial charge in [0.2, 0.25) is 0 Å². The number of carbonyl (C=O) groups is 3. The van der Waals surface area contributed by atoms with Crippen LogP contribution in [0.25, 0.3) is 11.0 Å². The van der Waals surface area contributed by atoms with E-state index in [-0.39, 0.29) is 17.0 Å². The first-order chi connectivity index (χ1) is 17.1. The van der Waals surface area contributed by atoms with Gasteiger partial charge in [0.25, 0.3) is 17.5 Å².